The van der Waals surface area contributed by atoms with Crippen molar-refractivity contribution in [1.29, 1.82) is 0 Å². The number of rotatable bonds is 7. The molecule has 1 nitrogen and oxygen atoms in total. The minimum absolute atomic E-state index is 0.150. The number of hydrogen-bond acceptors (Lipinski definition) is 1. The standard InChI is InChI=1S/C51H59N/c1-51(2)49-34-43(42-20-18-39(19-21-42)36-12-6-3-7-13-36)26-32-47(49)48-33-31-46(35-50(48)51)52(44-27-22-40(23-28-44)37-14-8-4-9-15-37)45-29-24-41(25-30-45)38-16-10-5-11-17-38/h3-4,6-8,10,12,14,16-17,22-24,26-27,29,31-32,34-36,39,42,44,47-49H,5,9,11,13,15,18-21,25,28,30,33H2,1-2H3. The lowest BCUT2D eigenvalue weighted by Gasteiger charge is -2.39. The van der Waals surface area contributed by atoms with Gasteiger partial charge >= 0.3 is 0 Å². The topological polar surface area (TPSA) is 3.24 Å². The van der Waals surface area contributed by atoms with Crippen LogP contribution in [0.15, 0.2) is 166 Å². The molecule has 0 heterocycles. The van der Waals surface area contributed by atoms with Gasteiger partial charge in [0.2, 0.25) is 0 Å². The van der Waals surface area contributed by atoms with Crippen molar-refractivity contribution in [3.8, 4) is 0 Å². The first-order valence-corrected chi connectivity index (χ1v) is 21.0. The van der Waals surface area contributed by atoms with Gasteiger partial charge in [0.1, 0.15) is 0 Å². The summed E-state index contributed by atoms with van der Waals surface area (Å²) < 4.78 is 0. The van der Waals surface area contributed by atoms with Crippen LogP contribution in [-0.4, -0.2) is 10.9 Å². The van der Waals surface area contributed by atoms with Crippen molar-refractivity contribution < 1.29 is 0 Å². The molecule has 52 heavy (non-hydrogen) atoms. The molecule has 0 aliphatic heterocycles. The van der Waals surface area contributed by atoms with E-state index in [2.05, 4.69) is 140 Å². The number of hydrogen-bond donors (Lipinski definition) is 0. The molecule has 1 heteroatoms. The zero-order chi connectivity index (χ0) is 35.1. The van der Waals surface area contributed by atoms with Crippen molar-refractivity contribution in [1.82, 2.24) is 4.90 Å². The molecule has 9 rings (SSSR count). The van der Waals surface area contributed by atoms with Gasteiger partial charge < -0.3 is 4.90 Å². The zero-order valence-electron chi connectivity index (χ0n) is 31.7. The van der Waals surface area contributed by atoms with Crippen molar-refractivity contribution in [2.75, 3.05) is 0 Å². The zero-order valence-corrected chi connectivity index (χ0v) is 31.7. The molecule has 5 atom stereocenters. The number of nitrogens with zero attached hydrogens (tertiary/aromatic N) is 1. The van der Waals surface area contributed by atoms with Crippen LogP contribution in [0.3, 0.4) is 0 Å². The van der Waals surface area contributed by atoms with Gasteiger partial charge in [0.25, 0.3) is 0 Å². The monoisotopic (exact) mass is 685 g/mol. The van der Waals surface area contributed by atoms with Crippen molar-refractivity contribution in [2.45, 2.75) is 103 Å². The minimum Gasteiger partial charge on any atom is -0.338 e. The first kappa shape index (κ1) is 34.0. The molecule has 0 N–H and O–H groups in total. The van der Waals surface area contributed by atoms with Crippen LogP contribution in [0.1, 0.15) is 97.3 Å². The Morgan fingerprint density at radius 2 is 1.56 bits per heavy atom. The Bertz CT molecular complexity index is 1870. The van der Waals surface area contributed by atoms with E-state index >= 15 is 0 Å². The van der Waals surface area contributed by atoms with Crippen molar-refractivity contribution in [3.05, 3.63) is 166 Å². The third-order valence-electron chi connectivity index (χ3n) is 14.4. The third kappa shape index (κ3) is 6.52. The van der Waals surface area contributed by atoms with E-state index in [1.165, 1.54) is 78.6 Å². The third-order valence-corrected chi connectivity index (χ3v) is 14.4. The molecule has 2 saturated carbocycles. The fourth-order valence-corrected chi connectivity index (χ4v) is 11.4. The highest BCUT2D eigenvalue weighted by molar-refractivity contribution is 5.50. The molecule has 0 radical (unpaired) electrons. The van der Waals surface area contributed by atoms with Crippen molar-refractivity contribution in [2.24, 2.45) is 40.9 Å². The summed E-state index contributed by atoms with van der Waals surface area (Å²) >= 11 is 0. The van der Waals surface area contributed by atoms with E-state index in [-0.39, 0.29) is 5.41 Å². The highest BCUT2D eigenvalue weighted by atomic mass is 15.2. The SMILES string of the molecule is CC1(C)C2=CC(N(C3=CC=C(C4=CCCC=C4)CC3)C3C=CC(C4=CC=CCC4)=CC3)=CCC2C2C=CC(C3CCC(C4C=CC=CC4)CC3)=CC21. The molecule has 9 aliphatic carbocycles. The quantitative estimate of drug-likeness (QED) is 0.258. The molecular weight excluding hydrogens is 627 g/mol. The van der Waals surface area contributed by atoms with Crippen LogP contribution in [0.5, 0.6) is 0 Å². The fraction of sp³-hybridized carbons (Fsp3) is 0.451. The molecular formula is C51H59N. The highest BCUT2D eigenvalue weighted by Gasteiger charge is 2.51. The molecule has 0 aromatic heterocycles. The van der Waals surface area contributed by atoms with E-state index in [1.54, 1.807) is 11.1 Å². The van der Waals surface area contributed by atoms with Gasteiger partial charge in [-0.05, 0) is 164 Å². The smallest absolute Gasteiger partial charge is 0.0557 e. The Morgan fingerprint density at radius 3 is 2.29 bits per heavy atom. The first-order valence-electron chi connectivity index (χ1n) is 21.0. The maximum Gasteiger partial charge on any atom is 0.0557 e. The Morgan fingerprint density at radius 1 is 0.673 bits per heavy atom. The summed E-state index contributed by atoms with van der Waals surface area (Å²) in [5.41, 5.74) is 12.3. The molecule has 0 amide bonds. The lowest BCUT2D eigenvalue weighted by Crippen LogP contribution is -2.34. The van der Waals surface area contributed by atoms with Crippen LogP contribution < -0.4 is 0 Å². The number of allylic oxidation sites excluding steroid dienone is 25. The maximum atomic E-state index is 2.77. The van der Waals surface area contributed by atoms with Crippen molar-refractivity contribution >= 4 is 0 Å². The second-order valence-corrected chi connectivity index (χ2v) is 17.6. The molecule has 268 valence electrons. The van der Waals surface area contributed by atoms with Crippen LogP contribution >= 0.6 is 0 Å². The summed E-state index contributed by atoms with van der Waals surface area (Å²) in [5, 5.41) is 0. The van der Waals surface area contributed by atoms with E-state index in [9.17, 15) is 0 Å². The minimum atomic E-state index is 0.150. The lowest BCUT2D eigenvalue weighted by molar-refractivity contribution is 0.246. The van der Waals surface area contributed by atoms with Gasteiger partial charge in [0.15, 0.2) is 0 Å². The van der Waals surface area contributed by atoms with Gasteiger partial charge in [0, 0.05) is 11.4 Å². The molecule has 0 bridgehead atoms. The molecule has 0 saturated heterocycles. The van der Waals surface area contributed by atoms with Gasteiger partial charge in [-0.1, -0.05) is 129 Å². The Labute approximate surface area is 314 Å². The van der Waals surface area contributed by atoms with E-state index in [1.807, 2.05) is 0 Å². The van der Waals surface area contributed by atoms with Gasteiger partial charge in [-0.15, -0.1) is 0 Å². The maximum absolute atomic E-state index is 2.77. The van der Waals surface area contributed by atoms with Crippen LogP contribution in [0, 0.1) is 40.9 Å². The van der Waals surface area contributed by atoms with Gasteiger partial charge in [0.05, 0.1) is 6.04 Å². The van der Waals surface area contributed by atoms with Gasteiger partial charge in [-0.2, -0.15) is 0 Å². The van der Waals surface area contributed by atoms with E-state index in [0.717, 1.165) is 56.3 Å². The summed E-state index contributed by atoms with van der Waals surface area (Å²) in [5.74, 6) is 4.17. The Balaban J connectivity index is 0.970. The fourth-order valence-electron chi connectivity index (χ4n) is 11.4. The van der Waals surface area contributed by atoms with E-state index < -0.39 is 0 Å². The van der Waals surface area contributed by atoms with Crippen LogP contribution in [0.2, 0.25) is 0 Å². The summed E-state index contributed by atoms with van der Waals surface area (Å²) in [6.45, 7) is 5.14. The average Bonchev–Trinajstić information content (AvgIpc) is 3.44. The normalized spacial score (nSPS) is 34.5. The second-order valence-electron chi connectivity index (χ2n) is 17.6. The second kappa shape index (κ2) is 14.5. The van der Waals surface area contributed by atoms with E-state index in [4.69, 9.17) is 0 Å². The number of fused-ring (bicyclic) bond motifs is 3. The van der Waals surface area contributed by atoms with E-state index in [0.29, 0.717) is 23.8 Å². The highest BCUT2D eigenvalue weighted by Crippen LogP contribution is 2.60. The predicted molar refractivity (Wildman–Crippen MR) is 220 cm³/mol. The van der Waals surface area contributed by atoms with Crippen LogP contribution in [0.4, 0.5) is 0 Å². The lowest BCUT2D eigenvalue weighted by atomic mass is 9.68. The van der Waals surface area contributed by atoms with Crippen LogP contribution in [-0.2, 0) is 0 Å². The summed E-state index contributed by atoms with van der Waals surface area (Å²) in [7, 11) is 0. The molecule has 0 aromatic rings. The molecule has 0 aromatic carbocycles. The summed E-state index contributed by atoms with van der Waals surface area (Å²) in [6.07, 6.45) is 64.8. The van der Waals surface area contributed by atoms with Gasteiger partial charge in [-0.25, -0.2) is 0 Å². The van der Waals surface area contributed by atoms with Crippen molar-refractivity contribution in [3.63, 3.8) is 0 Å². The predicted octanol–water partition coefficient (Wildman–Crippen LogP) is 13.2. The van der Waals surface area contributed by atoms with Crippen LogP contribution in [0.25, 0.3) is 0 Å². The summed E-state index contributed by atoms with van der Waals surface area (Å²) in [4.78, 5) is 2.74. The van der Waals surface area contributed by atoms with Gasteiger partial charge in [-0.3, -0.25) is 0 Å². The molecule has 5 unspecified atom stereocenters. The Hall–Kier alpha value is -3.84. The average molecular weight is 686 g/mol. The molecule has 9 aliphatic rings. The summed E-state index contributed by atoms with van der Waals surface area (Å²) in [6, 6.07) is 0.339. The molecule has 2 fully saturated rings. The largest absolute Gasteiger partial charge is 0.338 e. The Kier molecular flexibility index (Phi) is 9.49. The first-order chi connectivity index (χ1) is 25.5. The molecule has 0 spiro atoms.